The fraction of sp³-hybridized carbons (Fsp3) is 0.800. The fourth-order valence-electron chi connectivity index (χ4n) is 1.36. The van der Waals surface area contributed by atoms with E-state index in [0.717, 1.165) is 26.1 Å². The third-order valence-electron chi connectivity index (χ3n) is 2.01. The molecule has 0 aromatic carbocycles. The second kappa shape index (κ2) is 6.05. The molecule has 0 spiro atoms. The number of nitrogens with one attached hydrogen (secondary N) is 1. The predicted octanol–water partition coefficient (Wildman–Crippen LogP) is 1.17. The molecule has 0 radical (unpaired) electrons. The molecule has 2 heteroatoms. The molecule has 1 N–H and O–H groups in total. The van der Waals surface area contributed by atoms with E-state index in [4.69, 9.17) is 4.74 Å². The van der Waals surface area contributed by atoms with Crippen molar-refractivity contribution in [2.45, 2.75) is 32.3 Å². The van der Waals surface area contributed by atoms with Crippen molar-refractivity contribution in [2.24, 2.45) is 0 Å². The smallest absolute Gasteiger partial charge is 0.0700 e. The number of rotatable bonds is 3. The molecule has 0 unspecified atom stereocenters. The lowest BCUT2D eigenvalue weighted by molar-refractivity contribution is 0.0407. The number of hydrogen-bond acceptors (Lipinski definition) is 2. The Kier molecular flexibility index (Phi) is 4.82. The average Bonchev–Trinajstić information content (AvgIpc) is 2.14. The fourth-order valence-corrected chi connectivity index (χ4v) is 1.36. The van der Waals surface area contributed by atoms with Crippen LogP contribution in [0.1, 0.15) is 26.2 Å². The monoisotopic (exact) mass is 167 g/mol. The molecule has 0 aromatic rings. The minimum Gasteiger partial charge on any atom is -0.376 e. The molecule has 12 heavy (non-hydrogen) atoms. The SMILES string of the molecule is CC#CCCO[C@H]1CCCNC1. The van der Waals surface area contributed by atoms with Crippen LogP contribution < -0.4 is 5.32 Å². The van der Waals surface area contributed by atoms with Crippen LogP contribution >= 0.6 is 0 Å². The van der Waals surface area contributed by atoms with Crippen LogP contribution in [0.5, 0.6) is 0 Å². The maximum Gasteiger partial charge on any atom is 0.0700 e. The van der Waals surface area contributed by atoms with Crippen molar-refractivity contribution in [3.8, 4) is 11.8 Å². The lowest BCUT2D eigenvalue weighted by atomic mass is 10.1. The lowest BCUT2D eigenvalue weighted by Crippen LogP contribution is -2.35. The molecular formula is C10H17NO. The molecule has 0 bridgehead atoms. The van der Waals surface area contributed by atoms with Crippen LogP contribution in [0.4, 0.5) is 0 Å². The molecule has 0 amide bonds. The van der Waals surface area contributed by atoms with Gasteiger partial charge < -0.3 is 10.1 Å². The summed E-state index contributed by atoms with van der Waals surface area (Å²) in [5.41, 5.74) is 0. The van der Waals surface area contributed by atoms with Gasteiger partial charge >= 0.3 is 0 Å². The van der Waals surface area contributed by atoms with E-state index in [1.807, 2.05) is 6.92 Å². The summed E-state index contributed by atoms with van der Waals surface area (Å²) in [6.45, 7) is 4.81. The molecule has 1 aliphatic heterocycles. The Balaban J connectivity index is 2.00. The number of piperidine rings is 1. The summed E-state index contributed by atoms with van der Waals surface area (Å²) in [5, 5.41) is 3.31. The van der Waals surface area contributed by atoms with E-state index in [2.05, 4.69) is 17.2 Å². The predicted molar refractivity (Wildman–Crippen MR) is 49.9 cm³/mol. The first kappa shape index (κ1) is 9.57. The van der Waals surface area contributed by atoms with Gasteiger partial charge in [-0.25, -0.2) is 0 Å². The number of ether oxygens (including phenoxy) is 1. The summed E-state index contributed by atoms with van der Waals surface area (Å²) >= 11 is 0. The van der Waals surface area contributed by atoms with E-state index in [1.54, 1.807) is 0 Å². The third kappa shape index (κ3) is 3.75. The van der Waals surface area contributed by atoms with Crippen molar-refractivity contribution in [1.82, 2.24) is 5.32 Å². The molecule has 1 heterocycles. The Labute approximate surface area is 74.7 Å². The van der Waals surface area contributed by atoms with Gasteiger partial charge in [0.2, 0.25) is 0 Å². The van der Waals surface area contributed by atoms with E-state index < -0.39 is 0 Å². The summed E-state index contributed by atoms with van der Waals surface area (Å²) in [6, 6.07) is 0. The van der Waals surface area contributed by atoms with Gasteiger partial charge in [-0.15, -0.1) is 11.8 Å². The van der Waals surface area contributed by atoms with E-state index in [-0.39, 0.29) is 0 Å². The van der Waals surface area contributed by atoms with Gasteiger partial charge in [-0.3, -0.25) is 0 Å². The zero-order valence-corrected chi connectivity index (χ0v) is 7.73. The number of hydrogen-bond donors (Lipinski definition) is 1. The van der Waals surface area contributed by atoms with Gasteiger partial charge in [-0.1, -0.05) is 0 Å². The van der Waals surface area contributed by atoms with Crippen LogP contribution in [0.2, 0.25) is 0 Å². The molecule has 2 nitrogen and oxygen atoms in total. The van der Waals surface area contributed by atoms with Crippen LogP contribution in [0, 0.1) is 11.8 Å². The largest absolute Gasteiger partial charge is 0.376 e. The van der Waals surface area contributed by atoms with Crippen LogP contribution in [0.25, 0.3) is 0 Å². The van der Waals surface area contributed by atoms with Crippen molar-refractivity contribution in [2.75, 3.05) is 19.7 Å². The molecule has 1 aliphatic rings. The van der Waals surface area contributed by atoms with Gasteiger partial charge in [0.15, 0.2) is 0 Å². The normalized spacial score (nSPS) is 22.9. The van der Waals surface area contributed by atoms with E-state index in [9.17, 15) is 0 Å². The van der Waals surface area contributed by atoms with Crippen LogP contribution in [-0.4, -0.2) is 25.8 Å². The molecule has 68 valence electrons. The first-order chi connectivity index (χ1) is 5.93. The highest BCUT2D eigenvalue weighted by Crippen LogP contribution is 2.05. The Morgan fingerprint density at radius 3 is 3.17 bits per heavy atom. The summed E-state index contributed by atoms with van der Waals surface area (Å²) in [6.07, 6.45) is 3.74. The maximum atomic E-state index is 5.62. The van der Waals surface area contributed by atoms with Crippen molar-refractivity contribution in [3.05, 3.63) is 0 Å². The second-order valence-corrected chi connectivity index (χ2v) is 3.02. The summed E-state index contributed by atoms with van der Waals surface area (Å²) < 4.78 is 5.62. The van der Waals surface area contributed by atoms with Crippen LogP contribution in [-0.2, 0) is 4.74 Å². The van der Waals surface area contributed by atoms with Crippen molar-refractivity contribution < 1.29 is 4.74 Å². The molecule has 1 saturated heterocycles. The third-order valence-corrected chi connectivity index (χ3v) is 2.01. The second-order valence-electron chi connectivity index (χ2n) is 3.02. The minimum absolute atomic E-state index is 0.428. The Morgan fingerprint density at radius 1 is 1.58 bits per heavy atom. The zero-order valence-electron chi connectivity index (χ0n) is 7.73. The first-order valence-electron chi connectivity index (χ1n) is 4.65. The highest BCUT2D eigenvalue weighted by atomic mass is 16.5. The Hall–Kier alpha value is -0.520. The Morgan fingerprint density at radius 2 is 2.50 bits per heavy atom. The topological polar surface area (TPSA) is 21.3 Å². The quantitative estimate of drug-likeness (QED) is 0.503. The van der Waals surface area contributed by atoms with E-state index in [0.29, 0.717) is 6.10 Å². The standard InChI is InChI=1S/C10H17NO/c1-2-3-4-8-12-10-6-5-7-11-9-10/h10-11H,4-9H2,1H3/t10-/m0/s1. The summed E-state index contributed by atoms with van der Waals surface area (Å²) in [7, 11) is 0. The Bertz CT molecular complexity index is 162. The van der Waals surface area contributed by atoms with Crippen molar-refractivity contribution >= 4 is 0 Å². The van der Waals surface area contributed by atoms with E-state index in [1.165, 1.54) is 12.8 Å². The molecule has 0 saturated carbocycles. The average molecular weight is 167 g/mol. The van der Waals surface area contributed by atoms with Crippen LogP contribution in [0.3, 0.4) is 0 Å². The lowest BCUT2D eigenvalue weighted by Gasteiger charge is -2.22. The molecular weight excluding hydrogens is 150 g/mol. The molecule has 1 atom stereocenters. The first-order valence-corrected chi connectivity index (χ1v) is 4.65. The molecule has 0 aromatic heterocycles. The molecule has 1 fully saturated rings. The van der Waals surface area contributed by atoms with Gasteiger partial charge in [0.25, 0.3) is 0 Å². The van der Waals surface area contributed by atoms with Crippen molar-refractivity contribution in [1.29, 1.82) is 0 Å². The highest BCUT2D eigenvalue weighted by molar-refractivity contribution is 4.94. The maximum absolute atomic E-state index is 5.62. The summed E-state index contributed by atoms with van der Waals surface area (Å²) in [4.78, 5) is 0. The van der Waals surface area contributed by atoms with Gasteiger partial charge in [0.1, 0.15) is 0 Å². The van der Waals surface area contributed by atoms with Gasteiger partial charge in [0, 0.05) is 13.0 Å². The zero-order chi connectivity index (χ0) is 8.65. The minimum atomic E-state index is 0.428. The van der Waals surface area contributed by atoms with Gasteiger partial charge in [-0.05, 0) is 26.3 Å². The van der Waals surface area contributed by atoms with Crippen molar-refractivity contribution in [3.63, 3.8) is 0 Å². The molecule has 0 aliphatic carbocycles. The molecule has 1 rings (SSSR count). The summed E-state index contributed by atoms with van der Waals surface area (Å²) in [5.74, 6) is 5.85. The van der Waals surface area contributed by atoms with Gasteiger partial charge in [0.05, 0.1) is 12.7 Å². The van der Waals surface area contributed by atoms with E-state index >= 15 is 0 Å². The van der Waals surface area contributed by atoms with Gasteiger partial charge in [-0.2, -0.15) is 0 Å². The van der Waals surface area contributed by atoms with Crippen LogP contribution in [0.15, 0.2) is 0 Å². The highest BCUT2D eigenvalue weighted by Gasteiger charge is 2.11.